The van der Waals surface area contributed by atoms with Crippen molar-refractivity contribution in [3.8, 4) is 0 Å². The molecule has 5 nitrogen and oxygen atoms in total. The molecule has 6 heteroatoms. The number of ether oxygens (including phenoxy) is 1. The van der Waals surface area contributed by atoms with Crippen LogP contribution in [0.1, 0.15) is 36.4 Å². The molecule has 128 valence electrons. The summed E-state index contributed by atoms with van der Waals surface area (Å²) in [6.07, 6.45) is 5.19. The molecule has 23 heavy (non-hydrogen) atoms. The van der Waals surface area contributed by atoms with E-state index in [1.165, 1.54) is 0 Å². The number of aryl methyl sites for hydroxylation is 1. The molecule has 2 saturated heterocycles. The maximum Gasteiger partial charge on any atom is 0.224 e. The summed E-state index contributed by atoms with van der Waals surface area (Å²) in [4.78, 5) is 19.4. The van der Waals surface area contributed by atoms with Gasteiger partial charge in [0.25, 0.3) is 0 Å². The molecule has 1 amide bonds. The van der Waals surface area contributed by atoms with Gasteiger partial charge in [-0.3, -0.25) is 9.69 Å². The predicted molar refractivity (Wildman–Crippen MR) is 91.7 cm³/mol. The molecule has 0 bridgehead atoms. The number of rotatable bonds is 5. The molecule has 1 aromatic heterocycles. The Morgan fingerprint density at radius 3 is 3.00 bits per heavy atom. The highest BCUT2D eigenvalue weighted by molar-refractivity contribution is 7.09. The first-order valence-electron chi connectivity index (χ1n) is 8.73. The second kappa shape index (κ2) is 8.22. The van der Waals surface area contributed by atoms with E-state index in [4.69, 9.17) is 4.74 Å². The Morgan fingerprint density at radius 2 is 2.26 bits per heavy atom. The Balaban J connectivity index is 1.43. The van der Waals surface area contributed by atoms with Crippen molar-refractivity contribution in [1.29, 1.82) is 0 Å². The summed E-state index contributed by atoms with van der Waals surface area (Å²) in [6, 6.07) is 0.609. The van der Waals surface area contributed by atoms with Gasteiger partial charge in [0.1, 0.15) is 0 Å². The number of carbonyl (C=O) groups is 1. The lowest BCUT2D eigenvalue weighted by atomic mass is 9.94. The van der Waals surface area contributed by atoms with Gasteiger partial charge in [0.05, 0.1) is 10.9 Å². The molecule has 1 N–H and O–H groups in total. The smallest absolute Gasteiger partial charge is 0.224 e. The maximum atomic E-state index is 12.4. The standard InChI is InChI=1S/C17H27N3O2S/c1-13-12-23-16(19-13)4-7-18-17(21)14-3-2-8-20(11-14)15-5-9-22-10-6-15/h12,14-15H,2-11H2,1H3,(H,18,21). The minimum absolute atomic E-state index is 0.143. The van der Waals surface area contributed by atoms with E-state index < -0.39 is 0 Å². The highest BCUT2D eigenvalue weighted by Gasteiger charge is 2.30. The number of thiazole rings is 1. The first-order chi connectivity index (χ1) is 11.2. The number of nitrogens with zero attached hydrogens (tertiary/aromatic N) is 2. The van der Waals surface area contributed by atoms with Crippen molar-refractivity contribution in [2.45, 2.75) is 45.1 Å². The molecule has 0 saturated carbocycles. The fourth-order valence-corrected chi connectivity index (χ4v) is 4.33. The molecule has 2 aliphatic heterocycles. The third-order valence-corrected chi connectivity index (χ3v) is 5.86. The Labute approximate surface area is 142 Å². The van der Waals surface area contributed by atoms with Crippen molar-refractivity contribution in [3.63, 3.8) is 0 Å². The molecule has 2 aliphatic rings. The van der Waals surface area contributed by atoms with Crippen molar-refractivity contribution >= 4 is 17.2 Å². The van der Waals surface area contributed by atoms with Crippen LogP contribution >= 0.6 is 11.3 Å². The number of hydrogen-bond acceptors (Lipinski definition) is 5. The van der Waals surface area contributed by atoms with Crippen LogP contribution in [0.15, 0.2) is 5.38 Å². The topological polar surface area (TPSA) is 54.5 Å². The fourth-order valence-electron chi connectivity index (χ4n) is 3.56. The van der Waals surface area contributed by atoms with Crippen LogP contribution in [0.2, 0.25) is 0 Å². The Kier molecular flexibility index (Phi) is 6.02. The largest absolute Gasteiger partial charge is 0.381 e. The minimum Gasteiger partial charge on any atom is -0.381 e. The number of likely N-dealkylation sites (tertiary alicyclic amines) is 1. The summed E-state index contributed by atoms with van der Waals surface area (Å²) in [5.41, 5.74) is 1.07. The monoisotopic (exact) mass is 337 g/mol. The SMILES string of the molecule is Cc1csc(CCNC(=O)C2CCCN(C3CCOCC3)C2)n1. The summed E-state index contributed by atoms with van der Waals surface area (Å²) < 4.78 is 5.45. The van der Waals surface area contributed by atoms with E-state index in [2.05, 4.69) is 20.6 Å². The molecular formula is C17H27N3O2S. The van der Waals surface area contributed by atoms with E-state index in [9.17, 15) is 4.79 Å². The van der Waals surface area contributed by atoms with Crippen LogP contribution in [0.4, 0.5) is 0 Å². The lowest BCUT2D eigenvalue weighted by Crippen LogP contribution is -2.48. The van der Waals surface area contributed by atoms with Gasteiger partial charge in [-0.05, 0) is 39.2 Å². The van der Waals surface area contributed by atoms with Crippen molar-refractivity contribution < 1.29 is 9.53 Å². The van der Waals surface area contributed by atoms with Crippen LogP contribution in [0.25, 0.3) is 0 Å². The van der Waals surface area contributed by atoms with E-state index >= 15 is 0 Å². The van der Waals surface area contributed by atoms with E-state index in [1.807, 2.05) is 6.92 Å². The third kappa shape index (κ3) is 4.75. The Hall–Kier alpha value is -0.980. The van der Waals surface area contributed by atoms with Gasteiger partial charge in [0, 0.05) is 49.8 Å². The second-order valence-electron chi connectivity index (χ2n) is 6.60. The van der Waals surface area contributed by atoms with Crippen LogP contribution in [0, 0.1) is 12.8 Å². The number of hydrogen-bond donors (Lipinski definition) is 1. The fraction of sp³-hybridized carbons (Fsp3) is 0.765. The lowest BCUT2D eigenvalue weighted by molar-refractivity contribution is -0.127. The molecule has 3 heterocycles. The van der Waals surface area contributed by atoms with E-state index in [-0.39, 0.29) is 11.8 Å². The Bertz CT molecular complexity index is 514. The molecule has 1 atom stereocenters. The minimum atomic E-state index is 0.143. The molecular weight excluding hydrogens is 310 g/mol. The van der Waals surface area contributed by atoms with Crippen molar-refractivity contribution in [1.82, 2.24) is 15.2 Å². The zero-order valence-corrected chi connectivity index (χ0v) is 14.7. The van der Waals surface area contributed by atoms with Gasteiger partial charge >= 0.3 is 0 Å². The molecule has 0 radical (unpaired) electrons. The van der Waals surface area contributed by atoms with Crippen molar-refractivity contribution in [2.24, 2.45) is 5.92 Å². The zero-order valence-electron chi connectivity index (χ0n) is 13.9. The van der Waals surface area contributed by atoms with Gasteiger partial charge in [-0.15, -0.1) is 11.3 Å². The van der Waals surface area contributed by atoms with E-state index in [0.29, 0.717) is 12.6 Å². The van der Waals surface area contributed by atoms with Gasteiger partial charge in [-0.2, -0.15) is 0 Å². The van der Waals surface area contributed by atoms with E-state index in [0.717, 1.165) is 69.1 Å². The molecule has 2 fully saturated rings. The third-order valence-electron chi connectivity index (χ3n) is 4.84. The van der Waals surface area contributed by atoms with E-state index in [1.54, 1.807) is 11.3 Å². The second-order valence-corrected chi connectivity index (χ2v) is 7.54. The summed E-state index contributed by atoms with van der Waals surface area (Å²) in [7, 11) is 0. The van der Waals surface area contributed by atoms with Gasteiger partial charge in [0.15, 0.2) is 0 Å². The summed E-state index contributed by atoms with van der Waals surface area (Å²) in [5.74, 6) is 0.361. The van der Waals surface area contributed by atoms with Gasteiger partial charge in [-0.1, -0.05) is 0 Å². The first-order valence-corrected chi connectivity index (χ1v) is 9.61. The summed E-state index contributed by atoms with van der Waals surface area (Å²) in [6.45, 7) is 6.47. The van der Waals surface area contributed by atoms with Gasteiger partial charge in [0.2, 0.25) is 5.91 Å². The van der Waals surface area contributed by atoms with Crippen molar-refractivity contribution in [3.05, 3.63) is 16.1 Å². The lowest BCUT2D eigenvalue weighted by Gasteiger charge is -2.39. The molecule has 3 rings (SSSR count). The van der Waals surface area contributed by atoms with Crippen LogP contribution in [-0.2, 0) is 16.0 Å². The van der Waals surface area contributed by atoms with Gasteiger partial charge in [-0.25, -0.2) is 4.98 Å². The molecule has 0 aromatic carbocycles. The Morgan fingerprint density at radius 1 is 1.43 bits per heavy atom. The normalized spacial score (nSPS) is 23.8. The molecule has 0 spiro atoms. The van der Waals surface area contributed by atoms with Crippen LogP contribution in [0.3, 0.4) is 0 Å². The number of piperidine rings is 1. The number of aromatic nitrogens is 1. The number of nitrogens with one attached hydrogen (secondary N) is 1. The van der Waals surface area contributed by atoms with Crippen molar-refractivity contribution in [2.75, 3.05) is 32.8 Å². The van der Waals surface area contributed by atoms with Gasteiger partial charge < -0.3 is 10.1 Å². The average molecular weight is 337 g/mol. The summed E-state index contributed by atoms with van der Waals surface area (Å²) >= 11 is 1.67. The zero-order chi connectivity index (χ0) is 16.1. The maximum absolute atomic E-state index is 12.4. The molecule has 1 aromatic rings. The number of amides is 1. The molecule has 1 unspecified atom stereocenters. The molecule has 0 aliphatic carbocycles. The summed E-state index contributed by atoms with van der Waals surface area (Å²) in [5, 5.41) is 6.28. The van der Waals surface area contributed by atoms with Crippen LogP contribution in [0.5, 0.6) is 0 Å². The average Bonchev–Trinajstić information content (AvgIpc) is 3.01. The predicted octanol–water partition coefficient (Wildman–Crippen LogP) is 2.00. The van der Waals surface area contributed by atoms with Crippen LogP contribution in [-0.4, -0.2) is 54.7 Å². The number of carbonyl (C=O) groups excluding carboxylic acids is 1. The highest BCUT2D eigenvalue weighted by atomic mass is 32.1. The first kappa shape index (κ1) is 16.9. The highest BCUT2D eigenvalue weighted by Crippen LogP contribution is 2.23. The van der Waals surface area contributed by atoms with Crippen LogP contribution < -0.4 is 5.32 Å². The quantitative estimate of drug-likeness (QED) is 0.893.